The Morgan fingerprint density at radius 2 is 2.06 bits per heavy atom. The number of fused-ring (bicyclic) bond motifs is 1. The van der Waals surface area contributed by atoms with Crippen molar-refractivity contribution in [1.29, 1.82) is 5.26 Å². The van der Waals surface area contributed by atoms with E-state index in [1.165, 1.54) is 10.4 Å². The third-order valence-corrected chi connectivity index (χ3v) is 8.36. The standard InChI is InChI=1S/C27H26BrClN2OS/c1-27(2,3)19-9-10-20-21(14-30)26(33-25(20)13-19)31-15-17-8-11-24(22(28)12-17)32-16-18-6-4-5-7-23(18)29/h4-8,11-12,15,19H,9-10,13,16H2,1-3H3/t19-/m1/s1. The molecule has 1 atom stereocenters. The summed E-state index contributed by atoms with van der Waals surface area (Å²) >= 11 is 11.5. The van der Waals surface area contributed by atoms with Crippen molar-refractivity contribution >= 4 is 50.1 Å². The number of benzene rings is 2. The van der Waals surface area contributed by atoms with Crippen molar-refractivity contribution < 1.29 is 4.74 Å². The van der Waals surface area contributed by atoms with Gasteiger partial charge in [0, 0.05) is 21.7 Å². The average Bonchev–Trinajstić information content (AvgIpc) is 3.14. The van der Waals surface area contributed by atoms with Crippen molar-refractivity contribution in [2.45, 2.75) is 46.6 Å². The second kappa shape index (κ2) is 10.0. The van der Waals surface area contributed by atoms with Crippen LogP contribution in [0.5, 0.6) is 5.75 Å². The predicted molar refractivity (Wildman–Crippen MR) is 141 cm³/mol. The largest absolute Gasteiger partial charge is 0.488 e. The minimum absolute atomic E-state index is 0.278. The molecule has 0 saturated carbocycles. The van der Waals surface area contributed by atoms with E-state index in [1.807, 2.05) is 48.7 Å². The van der Waals surface area contributed by atoms with E-state index in [1.54, 1.807) is 11.3 Å². The van der Waals surface area contributed by atoms with Crippen molar-refractivity contribution in [3.05, 3.63) is 79.1 Å². The molecule has 1 heterocycles. The number of thiophene rings is 1. The number of hydrogen-bond donors (Lipinski definition) is 0. The van der Waals surface area contributed by atoms with E-state index in [0.29, 0.717) is 17.5 Å². The molecule has 1 aliphatic rings. The minimum Gasteiger partial charge on any atom is -0.488 e. The normalized spacial score (nSPS) is 15.9. The van der Waals surface area contributed by atoms with Crippen LogP contribution < -0.4 is 4.74 Å². The second-order valence-electron chi connectivity index (χ2n) is 9.43. The molecule has 0 bridgehead atoms. The number of rotatable bonds is 5. The summed E-state index contributed by atoms with van der Waals surface area (Å²) in [4.78, 5) is 6.04. The molecule has 0 amide bonds. The summed E-state index contributed by atoms with van der Waals surface area (Å²) in [6.07, 6.45) is 4.96. The monoisotopic (exact) mass is 540 g/mol. The molecule has 0 saturated heterocycles. The average molecular weight is 542 g/mol. The van der Waals surface area contributed by atoms with Gasteiger partial charge in [0.05, 0.1) is 10.0 Å². The van der Waals surface area contributed by atoms with Gasteiger partial charge in [0.2, 0.25) is 0 Å². The Balaban J connectivity index is 1.49. The first kappa shape index (κ1) is 24.0. The highest BCUT2D eigenvalue weighted by molar-refractivity contribution is 9.10. The van der Waals surface area contributed by atoms with Crippen LogP contribution in [0.1, 0.15) is 54.3 Å². The Labute approximate surface area is 213 Å². The van der Waals surface area contributed by atoms with E-state index in [2.05, 4.69) is 42.8 Å². The van der Waals surface area contributed by atoms with E-state index < -0.39 is 0 Å². The van der Waals surface area contributed by atoms with E-state index in [9.17, 15) is 5.26 Å². The third kappa shape index (κ3) is 5.51. The van der Waals surface area contributed by atoms with Gasteiger partial charge in [-0.05, 0) is 81.9 Å². The first-order valence-corrected chi connectivity index (χ1v) is 13.0. The molecule has 3 nitrogen and oxygen atoms in total. The molecule has 4 rings (SSSR count). The number of nitriles is 1. The van der Waals surface area contributed by atoms with Gasteiger partial charge in [-0.3, -0.25) is 0 Å². The van der Waals surface area contributed by atoms with Gasteiger partial charge in [-0.15, -0.1) is 11.3 Å². The molecule has 170 valence electrons. The summed E-state index contributed by atoms with van der Waals surface area (Å²) < 4.78 is 6.78. The van der Waals surface area contributed by atoms with Gasteiger partial charge in [-0.2, -0.15) is 5.26 Å². The lowest BCUT2D eigenvalue weighted by Gasteiger charge is -2.33. The lowest BCUT2D eigenvalue weighted by molar-refractivity contribution is 0.218. The topological polar surface area (TPSA) is 45.4 Å². The summed E-state index contributed by atoms with van der Waals surface area (Å²) in [6, 6.07) is 15.9. The lowest BCUT2D eigenvalue weighted by Crippen LogP contribution is -2.26. The van der Waals surface area contributed by atoms with Crippen molar-refractivity contribution in [1.82, 2.24) is 0 Å². The van der Waals surface area contributed by atoms with Crippen LogP contribution in [0.25, 0.3) is 0 Å². The highest BCUT2D eigenvalue weighted by atomic mass is 79.9. The number of hydrogen-bond acceptors (Lipinski definition) is 4. The lowest BCUT2D eigenvalue weighted by atomic mass is 9.72. The Morgan fingerprint density at radius 1 is 1.27 bits per heavy atom. The van der Waals surface area contributed by atoms with Gasteiger partial charge in [0.25, 0.3) is 0 Å². The molecule has 1 aromatic heterocycles. The molecule has 0 spiro atoms. The summed E-state index contributed by atoms with van der Waals surface area (Å²) in [6.45, 7) is 7.31. The van der Waals surface area contributed by atoms with Crippen molar-refractivity contribution in [2.75, 3.05) is 0 Å². The fourth-order valence-corrected chi connectivity index (χ4v) is 6.06. The van der Waals surface area contributed by atoms with Crippen molar-refractivity contribution in [2.24, 2.45) is 16.3 Å². The molecule has 1 aliphatic carbocycles. The Kier molecular flexibility index (Phi) is 7.28. The first-order valence-electron chi connectivity index (χ1n) is 11.0. The molecule has 0 radical (unpaired) electrons. The molecule has 0 unspecified atom stereocenters. The predicted octanol–water partition coefficient (Wildman–Crippen LogP) is 8.52. The van der Waals surface area contributed by atoms with Crippen LogP contribution in [-0.2, 0) is 19.4 Å². The zero-order valence-corrected chi connectivity index (χ0v) is 22.1. The van der Waals surface area contributed by atoms with Gasteiger partial charge < -0.3 is 4.74 Å². The molecular weight excluding hydrogens is 516 g/mol. The third-order valence-electron chi connectivity index (χ3n) is 6.21. The van der Waals surface area contributed by atoms with Crippen LogP contribution in [0.15, 0.2) is 51.9 Å². The van der Waals surface area contributed by atoms with E-state index in [-0.39, 0.29) is 5.41 Å². The molecular formula is C27H26BrClN2OS. The molecule has 0 fully saturated rings. The number of aliphatic imine (C=N–C) groups is 1. The maximum atomic E-state index is 9.79. The molecule has 0 N–H and O–H groups in total. The van der Waals surface area contributed by atoms with Gasteiger partial charge >= 0.3 is 0 Å². The maximum absolute atomic E-state index is 9.79. The second-order valence-corrected chi connectivity index (χ2v) is 11.8. The summed E-state index contributed by atoms with van der Waals surface area (Å²) in [7, 11) is 0. The fraction of sp³-hybridized carbons (Fsp3) is 0.333. The quantitative estimate of drug-likeness (QED) is 0.304. The van der Waals surface area contributed by atoms with Crippen molar-refractivity contribution in [3.8, 4) is 11.8 Å². The van der Waals surface area contributed by atoms with Gasteiger partial charge in [0.15, 0.2) is 0 Å². The number of halogens is 2. The zero-order valence-electron chi connectivity index (χ0n) is 19.0. The van der Waals surface area contributed by atoms with Crippen molar-refractivity contribution in [3.63, 3.8) is 0 Å². The number of nitrogens with zero attached hydrogens (tertiary/aromatic N) is 2. The van der Waals surface area contributed by atoms with E-state index in [4.69, 9.17) is 21.3 Å². The minimum atomic E-state index is 0.278. The number of ether oxygens (including phenoxy) is 1. The molecule has 33 heavy (non-hydrogen) atoms. The Hall–Kier alpha value is -2.13. The van der Waals surface area contributed by atoms with Crippen LogP contribution in [0.2, 0.25) is 5.02 Å². The van der Waals surface area contributed by atoms with Crippen LogP contribution in [0.3, 0.4) is 0 Å². The zero-order chi connectivity index (χ0) is 23.6. The van der Waals surface area contributed by atoms with E-state index in [0.717, 1.165) is 51.2 Å². The highest BCUT2D eigenvalue weighted by Crippen LogP contribution is 2.45. The summed E-state index contributed by atoms with van der Waals surface area (Å²) in [5.41, 5.74) is 4.11. The van der Waals surface area contributed by atoms with Gasteiger partial charge in [-0.25, -0.2) is 4.99 Å². The van der Waals surface area contributed by atoms with Crippen LogP contribution in [-0.4, -0.2) is 6.21 Å². The maximum Gasteiger partial charge on any atom is 0.134 e. The van der Waals surface area contributed by atoms with Gasteiger partial charge in [-0.1, -0.05) is 50.6 Å². The molecule has 3 aromatic rings. The Morgan fingerprint density at radius 3 is 2.76 bits per heavy atom. The first-order chi connectivity index (χ1) is 15.8. The Bertz CT molecular complexity index is 1240. The van der Waals surface area contributed by atoms with Crippen LogP contribution in [0.4, 0.5) is 5.00 Å². The SMILES string of the molecule is CC(C)(C)[C@@H]1CCc2c(sc(N=Cc3ccc(OCc4ccccc4Cl)c(Br)c3)c2C#N)C1. The van der Waals surface area contributed by atoms with E-state index >= 15 is 0 Å². The highest BCUT2D eigenvalue weighted by Gasteiger charge is 2.32. The fourth-order valence-electron chi connectivity index (χ4n) is 4.14. The molecule has 0 aliphatic heterocycles. The smallest absolute Gasteiger partial charge is 0.134 e. The van der Waals surface area contributed by atoms with Crippen LogP contribution >= 0.6 is 38.9 Å². The summed E-state index contributed by atoms with van der Waals surface area (Å²) in [5.74, 6) is 1.38. The summed E-state index contributed by atoms with van der Waals surface area (Å²) in [5, 5.41) is 11.3. The van der Waals surface area contributed by atoms with Gasteiger partial charge in [0.1, 0.15) is 23.4 Å². The molecule has 2 aromatic carbocycles. The van der Waals surface area contributed by atoms with Crippen LogP contribution in [0, 0.1) is 22.7 Å². The molecule has 6 heteroatoms.